The first-order valence-corrected chi connectivity index (χ1v) is 8.16. The summed E-state index contributed by atoms with van der Waals surface area (Å²) in [5, 5.41) is 3.11. The SMILES string of the molecule is CCOC(=O)[C@@H]1C[C@H](CCCP(=O)(O)O)CCN1. The maximum Gasteiger partial charge on any atom is 0.325 e. The highest BCUT2D eigenvalue weighted by molar-refractivity contribution is 7.51. The largest absolute Gasteiger partial charge is 0.465 e. The zero-order chi connectivity index (χ0) is 13.6. The predicted octanol–water partition coefficient (Wildman–Crippen LogP) is 0.876. The van der Waals surface area contributed by atoms with Crippen molar-refractivity contribution in [3.8, 4) is 0 Å². The third-order valence-electron chi connectivity index (χ3n) is 3.15. The van der Waals surface area contributed by atoms with Crippen LogP contribution in [0.3, 0.4) is 0 Å². The average Bonchev–Trinajstić information content (AvgIpc) is 2.28. The fraction of sp³-hybridized carbons (Fsp3) is 0.909. The van der Waals surface area contributed by atoms with Gasteiger partial charge in [0, 0.05) is 6.16 Å². The van der Waals surface area contributed by atoms with Crippen LogP contribution in [0.5, 0.6) is 0 Å². The summed E-state index contributed by atoms with van der Waals surface area (Å²) in [5.74, 6) is 0.115. The number of carbonyl (C=O) groups excluding carboxylic acids is 1. The average molecular weight is 279 g/mol. The third-order valence-corrected chi connectivity index (χ3v) is 4.04. The van der Waals surface area contributed by atoms with E-state index in [0.29, 0.717) is 25.4 Å². The van der Waals surface area contributed by atoms with Crippen molar-refractivity contribution in [1.82, 2.24) is 5.32 Å². The summed E-state index contributed by atoms with van der Waals surface area (Å²) < 4.78 is 15.7. The van der Waals surface area contributed by atoms with Crippen molar-refractivity contribution in [3.05, 3.63) is 0 Å². The zero-order valence-electron chi connectivity index (χ0n) is 10.7. The lowest BCUT2D eigenvalue weighted by atomic mass is 9.89. The van der Waals surface area contributed by atoms with Gasteiger partial charge in [-0.2, -0.15) is 0 Å². The Morgan fingerprint density at radius 1 is 1.50 bits per heavy atom. The lowest BCUT2D eigenvalue weighted by Crippen LogP contribution is -2.44. The minimum Gasteiger partial charge on any atom is -0.465 e. The summed E-state index contributed by atoms with van der Waals surface area (Å²) in [6.45, 7) is 2.90. The van der Waals surface area contributed by atoms with Crippen LogP contribution >= 0.6 is 7.60 Å². The number of piperidine rings is 1. The molecule has 106 valence electrons. The molecule has 6 nitrogen and oxygen atoms in total. The minimum absolute atomic E-state index is 0.0685. The van der Waals surface area contributed by atoms with E-state index < -0.39 is 7.60 Å². The van der Waals surface area contributed by atoms with Crippen molar-refractivity contribution < 1.29 is 23.9 Å². The van der Waals surface area contributed by atoms with E-state index in [2.05, 4.69) is 5.32 Å². The van der Waals surface area contributed by atoms with E-state index in [1.165, 1.54) is 0 Å². The second-order valence-electron chi connectivity index (χ2n) is 4.68. The van der Waals surface area contributed by atoms with Crippen LogP contribution in [0.4, 0.5) is 0 Å². The highest BCUT2D eigenvalue weighted by Gasteiger charge is 2.27. The smallest absolute Gasteiger partial charge is 0.325 e. The molecule has 0 radical (unpaired) electrons. The quantitative estimate of drug-likeness (QED) is 0.493. The molecule has 0 aliphatic carbocycles. The van der Waals surface area contributed by atoms with Crippen molar-refractivity contribution in [2.24, 2.45) is 5.92 Å². The summed E-state index contributed by atoms with van der Waals surface area (Å²) in [6, 6.07) is -0.265. The van der Waals surface area contributed by atoms with E-state index in [4.69, 9.17) is 14.5 Å². The molecule has 1 aliphatic heterocycles. The molecule has 0 spiro atoms. The number of hydrogen-bond acceptors (Lipinski definition) is 4. The third kappa shape index (κ3) is 5.96. The molecule has 18 heavy (non-hydrogen) atoms. The molecule has 1 rings (SSSR count). The van der Waals surface area contributed by atoms with Gasteiger partial charge < -0.3 is 19.8 Å². The van der Waals surface area contributed by atoms with E-state index in [1.807, 2.05) is 0 Å². The van der Waals surface area contributed by atoms with Crippen molar-refractivity contribution in [2.75, 3.05) is 19.3 Å². The summed E-state index contributed by atoms with van der Waals surface area (Å²) >= 11 is 0. The van der Waals surface area contributed by atoms with Crippen molar-refractivity contribution in [1.29, 1.82) is 0 Å². The van der Waals surface area contributed by atoms with Gasteiger partial charge in [0.05, 0.1) is 6.61 Å². The molecule has 0 unspecified atom stereocenters. The molecule has 0 aromatic carbocycles. The second-order valence-corrected chi connectivity index (χ2v) is 6.46. The Morgan fingerprint density at radius 3 is 2.83 bits per heavy atom. The first-order chi connectivity index (χ1) is 8.42. The predicted molar refractivity (Wildman–Crippen MR) is 67.3 cm³/mol. The molecule has 0 aromatic rings. The first-order valence-electron chi connectivity index (χ1n) is 6.37. The van der Waals surface area contributed by atoms with Crippen molar-refractivity contribution >= 4 is 13.6 Å². The first kappa shape index (κ1) is 15.6. The van der Waals surface area contributed by atoms with E-state index in [9.17, 15) is 9.36 Å². The van der Waals surface area contributed by atoms with Gasteiger partial charge >= 0.3 is 13.6 Å². The van der Waals surface area contributed by atoms with E-state index >= 15 is 0 Å². The van der Waals surface area contributed by atoms with E-state index in [-0.39, 0.29) is 18.2 Å². The zero-order valence-corrected chi connectivity index (χ0v) is 11.6. The summed E-state index contributed by atoms with van der Waals surface area (Å²) in [7, 11) is -3.89. The number of carbonyl (C=O) groups is 1. The van der Waals surface area contributed by atoms with Gasteiger partial charge in [0.1, 0.15) is 6.04 Å². The van der Waals surface area contributed by atoms with Gasteiger partial charge in [0.2, 0.25) is 0 Å². The molecular weight excluding hydrogens is 257 g/mol. The molecule has 0 saturated carbocycles. The number of esters is 1. The maximum absolute atomic E-state index is 11.6. The van der Waals surface area contributed by atoms with Gasteiger partial charge in [-0.3, -0.25) is 9.36 Å². The van der Waals surface area contributed by atoms with Crippen LogP contribution in [0.25, 0.3) is 0 Å². The van der Waals surface area contributed by atoms with Gasteiger partial charge in [0.25, 0.3) is 0 Å². The minimum atomic E-state index is -3.89. The molecule has 0 aromatic heterocycles. The van der Waals surface area contributed by atoms with Crippen LogP contribution in [0.2, 0.25) is 0 Å². The van der Waals surface area contributed by atoms with Crippen molar-refractivity contribution in [2.45, 2.75) is 38.6 Å². The normalized spacial score (nSPS) is 24.8. The Kier molecular flexibility index (Phi) is 6.29. The second kappa shape index (κ2) is 7.24. The lowest BCUT2D eigenvalue weighted by Gasteiger charge is -2.28. The van der Waals surface area contributed by atoms with Crippen LogP contribution in [-0.2, 0) is 14.1 Å². The fourth-order valence-corrected chi connectivity index (χ4v) is 2.86. The van der Waals surface area contributed by atoms with Gasteiger partial charge in [0.15, 0.2) is 0 Å². The van der Waals surface area contributed by atoms with Gasteiger partial charge in [-0.05, 0) is 45.1 Å². The maximum atomic E-state index is 11.6. The number of nitrogens with one attached hydrogen (secondary N) is 1. The molecule has 1 heterocycles. The Balaban J connectivity index is 2.30. The molecule has 1 fully saturated rings. The van der Waals surface area contributed by atoms with Crippen molar-refractivity contribution in [3.63, 3.8) is 0 Å². The Labute approximate surface area is 107 Å². The fourth-order valence-electron chi connectivity index (χ4n) is 2.27. The van der Waals surface area contributed by atoms with Gasteiger partial charge in [-0.1, -0.05) is 0 Å². The monoisotopic (exact) mass is 279 g/mol. The standard InChI is InChI=1S/C11H22NO5P/c1-2-17-11(13)10-8-9(5-6-12-10)4-3-7-18(14,15)16/h9-10,12H,2-8H2,1H3,(H2,14,15,16)/t9-,10+/m1/s1. The van der Waals surface area contributed by atoms with Crippen LogP contribution in [0.1, 0.15) is 32.6 Å². The lowest BCUT2D eigenvalue weighted by molar-refractivity contribution is -0.146. The number of rotatable bonds is 6. The highest BCUT2D eigenvalue weighted by Crippen LogP contribution is 2.36. The summed E-state index contributed by atoms with van der Waals surface area (Å²) in [6.07, 6.45) is 2.82. The van der Waals surface area contributed by atoms with E-state index in [1.54, 1.807) is 6.92 Å². The van der Waals surface area contributed by atoms with Crippen LogP contribution in [0, 0.1) is 5.92 Å². The highest BCUT2D eigenvalue weighted by atomic mass is 31.2. The Morgan fingerprint density at radius 2 is 2.22 bits per heavy atom. The van der Waals surface area contributed by atoms with Crippen LogP contribution < -0.4 is 5.32 Å². The summed E-state index contributed by atoms with van der Waals surface area (Å²) in [5.41, 5.74) is 0. The molecule has 7 heteroatoms. The molecule has 3 N–H and O–H groups in total. The molecule has 1 aliphatic rings. The topological polar surface area (TPSA) is 95.9 Å². The van der Waals surface area contributed by atoms with Crippen LogP contribution in [-0.4, -0.2) is 41.1 Å². The van der Waals surface area contributed by atoms with Gasteiger partial charge in [-0.25, -0.2) is 0 Å². The number of hydrogen-bond donors (Lipinski definition) is 3. The molecular formula is C11H22NO5P. The summed E-state index contributed by atoms with van der Waals surface area (Å²) in [4.78, 5) is 29.1. The molecule has 0 amide bonds. The van der Waals surface area contributed by atoms with E-state index in [0.717, 1.165) is 19.4 Å². The molecule has 0 bridgehead atoms. The Hall–Kier alpha value is -0.420. The van der Waals surface area contributed by atoms with Crippen LogP contribution in [0.15, 0.2) is 0 Å². The molecule has 2 atom stereocenters. The Bertz CT molecular complexity index is 317. The number of ether oxygens (including phenoxy) is 1. The van der Waals surface area contributed by atoms with Gasteiger partial charge in [-0.15, -0.1) is 0 Å². The molecule has 1 saturated heterocycles.